The minimum absolute atomic E-state index is 0.280. The van der Waals surface area contributed by atoms with E-state index >= 15 is 0 Å². The molecule has 0 aromatic heterocycles. The van der Waals surface area contributed by atoms with Crippen molar-refractivity contribution >= 4 is 0 Å². The van der Waals surface area contributed by atoms with Gasteiger partial charge in [0.25, 0.3) is 0 Å². The lowest BCUT2D eigenvalue weighted by molar-refractivity contribution is 0.201. The van der Waals surface area contributed by atoms with E-state index < -0.39 is 0 Å². The number of likely N-dealkylation sites (N-methyl/N-ethyl adjacent to an activating group) is 1. The third-order valence-electron chi connectivity index (χ3n) is 4.53. The van der Waals surface area contributed by atoms with Crippen molar-refractivity contribution in [2.24, 2.45) is 5.92 Å². The van der Waals surface area contributed by atoms with Gasteiger partial charge in [0.05, 0.1) is 0 Å². The van der Waals surface area contributed by atoms with Crippen LogP contribution in [-0.2, 0) is 0 Å². The molecule has 0 spiro atoms. The fraction of sp³-hybridized carbons (Fsp3) is 1.00. The van der Waals surface area contributed by atoms with Gasteiger partial charge in [0.1, 0.15) is 0 Å². The summed E-state index contributed by atoms with van der Waals surface area (Å²) in [5.74, 6) is 0.960. The van der Waals surface area contributed by atoms with Crippen LogP contribution in [0.2, 0.25) is 0 Å². The molecule has 0 bridgehead atoms. The number of nitrogens with zero attached hydrogens (tertiary/aromatic N) is 1. The first kappa shape index (κ1) is 15.0. The van der Waals surface area contributed by atoms with Crippen LogP contribution in [0, 0.1) is 5.92 Å². The van der Waals surface area contributed by atoms with Gasteiger partial charge in [-0.2, -0.15) is 0 Å². The summed E-state index contributed by atoms with van der Waals surface area (Å²) >= 11 is 0. The van der Waals surface area contributed by atoms with E-state index in [4.69, 9.17) is 0 Å². The molecule has 0 saturated heterocycles. The van der Waals surface area contributed by atoms with Crippen molar-refractivity contribution in [3.8, 4) is 0 Å². The van der Waals surface area contributed by atoms with E-state index in [0.717, 1.165) is 12.5 Å². The van der Waals surface area contributed by atoms with Crippen LogP contribution in [0.3, 0.4) is 0 Å². The van der Waals surface area contributed by atoms with Crippen molar-refractivity contribution in [3.63, 3.8) is 0 Å². The van der Waals surface area contributed by atoms with E-state index in [2.05, 4.69) is 45.0 Å². The van der Waals surface area contributed by atoms with Gasteiger partial charge in [0, 0.05) is 24.7 Å². The zero-order valence-corrected chi connectivity index (χ0v) is 12.6. The summed E-state index contributed by atoms with van der Waals surface area (Å²) in [6.45, 7) is 11.6. The maximum Gasteiger partial charge on any atom is 0.0189 e. The number of hydrogen-bond acceptors (Lipinski definition) is 2. The van der Waals surface area contributed by atoms with E-state index in [1.165, 1.54) is 38.6 Å². The average Bonchev–Trinajstić information content (AvgIpc) is 2.78. The Hall–Kier alpha value is -0.0800. The summed E-state index contributed by atoms with van der Waals surface area (Å²) in [6.07, 6.45) is 6.99. The molecular weight excluding hydrogens is 208 g/mol. The Labute approximate surface area is 108 Å². The molecule has 1 rings (SSSR count). The summed E-state index contributed by atoms with van der Waals surface area (Å²) in [6, 6.07) is 0.640. The minimum Gasteiger partial charge on any atom is -0.310 e. The van der Waals surface area contributed by atoms with Crippen molar-refractivity contribution in [1.29, 1.82) is 0 Å². The molecule has 1 saturated carbocycles. The highest BCUT2D eigenvalue weighted by Gasteiger charge is 2.21. The molecule has 2 heteroatoms. The lowest BCUT2D eigenvalue weighted by Crippen LogP contribution is -2.47. The van der Waals surface area contributed by atoms with Gasteiger partial charge >= 0.3 is 0 Å². The van der Waals surface area contributed by atoms with Gasteiger partial charge in [-0.15, -0.1) is 0 Å². The molecule has 1 fully saturated rings. The van der Waals surface area contributed by atoms with Crippen LogP contribution in [0.15, 0.2) is 0 Å². The molecular formula is C15H32N2. The second-order valence-corrected chi connectivity index (χ2v) is 6.56. The van der Waals surface area contributed by atoms with Crippen molar-refractivity contribution in [2.45, 2.75) is 71.4 Å². The van der Waals surface area contributed by atoms with Crippen LogP contribution < -0.4 is 5.32 Å². The quantitative estimate of drug-likeness (QED) is 0.735. The molecule has 0 heterocycles. The SMILES string of the molecule is CCC(C)(C)NCC(C)N(C)CC1CCCC1. The topological polar surface area (TPSA) is 15.3 Å². The highest BCUT2D eigenvalue weighted by atomic mass is 15.2. The van der Waals surface area contributed by atoms with Gasteiger partial charge in [0.15, 0.2) is 0 Å². The third kappa shape index (κ3) is 5.39. The Morgan fingerprint density at radius 3 is 2.41 bits per heavy atom. The van der Waals surface area contributed by atoms with E-state index in [-0.39, 0.29) is 5.54 Å². The van der Waals surface area contributed by atoms with Crippen molar-refractivity contribution in [3.05, 3.63) is 0 Å². The predicted molar refractivity (Wildman–Crippen MR) is 76.4 cm³/mol. The minimum atomic E-state index is 0.280. The first-order valence-electron chi connectivity index (χ1n) is 7.40. The molecule has 0 radical (unpaired) electrons. The molecule has 0 aromatic carbocycles. The second kappa shape index (κ2) is 6.75. The number of hydrogen-bond donors (Lipinski definition) is 1. The van der Waals surface area contributed by atoms with Gasteiger partial charge in [-0.25, -0.2) is 0 Å². The van der Waals surface area contributed by atoms with Crippen LogP contribution in [0.4, 0.5) is 0 Å². The maximum absolute atomic E-state index is 3.67. The zero-order chi connectivity index (χ0) is 12.9. The standard InChI is InChI=1S/C15H32N2/c1-6-15(3,4)16-11-13(2)17(5)12-14-9-7-8-10-14/h13-14,16H,6-12H2,1-5H3. The smallest absolute Gasteiger partial charge is 0.0189 e. The number of nitrogens with one attached hydrogen (secondary N) is 1. The Balaban J connectivity index is 2.23. The Kier molecular flexibility index (Phi) is 5.94. The normalized spacial score (nSPS) is 20.1. The first-order chi connectivity index (χ1) is 7.94. The lowest BCUT2D eigenvalue weighted by atomic mass is 10.0. The molecule has 0 aromatic rings. The molecule has 0 aliphatic heterocycles. The second-order valence-electron chi connectivity index (χ2n) is 6.56. The van der Waals surface area contributed by atoms with E-state index in [0.29, 0.717) is 6.04 Å². The molecule has 1 atom stereocenters. The number of rotatable bonds is 7. The van der Waals surface area contributed by atoms with Crippen LogP contribution in [0.1, 0.15) is 59.8 Å². The van der Waals surface area contributed by atoms with E-state index in [9.17, 15) is 0 Å². The van der Waals surface area contributed by atoms with Crippen molar-refractivity contribution in [2.75, 3.05) is 20.1 Å². The largest absolute Gasteiger partial charge is 0.310 e. The molecule has 17 heavy (non-hydrogen) atoms. The molecule has 102 valence electrons. The van der Waals surface area contributed by atoms with Crippen LogP contribution in [0.25, 0.3) is 0 Å². The van der Waals surface area contributed by atoms with Crippen LogP contribution in [0.5, 0.6) is 0 Å². The molecule has 1 unspecified atom stereocenters. The van der Waals surface area contributed by atoms with Crippen molar-refractivity contribution < 1.29 is 0 Å². The molecule has 0 amide bonds. The summed E-state index contributed by atoms with van der Waals surface area (Å²) in [5.41, 5.74) is 0.280. The van der Waals surface area contributed by atoms with Crippen LogP contribution in [-0.4, -0.2) is 36.6 Å². The molecule has 2 nitrogen and oxygen atoms in total. The zero-order valence-electron chi connectivity index (χ0n) is 12.6. The summed E-state index contributed by atoms with van der Waals surface area (Å²) < 4.78 is 0. The fourth-order valence-corrected chi connectivity index (χ4v) is 2.48. The van der Waals surface area contributed by atoms with Crippen molar-refractivity contribution in [1.82, 2.24) is 10.2 Å². The van der Waals surface area contributed by atoms with Gasteiger partial charge < -0.3 is 10.2 Å². The molecule has 1 N–H and O–H groups in total. The molecule has 1 aliphatic carbocycles. The Morgan fingerprint density at radius 1 is 1.29 bits per heavy atom. The van der Waals surface area contributed by atoms with Gasteiger partial charge in [0.2, 0.25) is 0 Å². The van der Waals surface area contributed by atoms with E-state index in [1.807, 2.05) is 0 Å². The summed E-state index contributed by atoms with van der Waals surface area (Å²) in [5, 5.41) is 3.67. The summed E-state index contributed by atoms with van der Waals surface area (Å²) in [7, 11) is 2.28. The fourth-order valence-electron chi connectivity index (χ4n) is 2.48. The maximum atomic E-state index is 3.67. The average molecular weight is 240 g/mol. The monoisotopic (exact) mass is 240 g/mol. The molecule has 1 aliphatic rings. The Bertz CT molecular complexity index is 207. The summed E-state index contributed by atoms with van der Waals surface area (Å²) in [4.78, 5) is 2.54. The predicted octanol–water partition coefficient (Wildman–Crippen LogP) is 3.28. The van der Waals surface area contributed by atoms with Crippen LogP contribution >= 0.6 is 0 Å². The highest BCUT2D eigenvalue weighted by molar-refractivity contribution is 4.79. The van der Waals surface area contributed by atoms with E-state index in [1.54, 1.807) is 0 Å². The first-order valence-corrected chi connectivity index (χ1v) is 7.40. The Morgan fingerprint density at radius 2 is 1.88 bits per heavy atom. The highest BCUT2D eigenvalue weighted by Crippen LogP contribution is 2.25. The van der Waals surface area contributed by atoms with Gasteiger partial charge in [-0.05, 0) is 53.0 Å². The van der Waals surface area contributed by atoms with Gasteiger partial charge in [-0.1, -0.05) is 19.8 Å². The lowest BCUT2D eigenvalue weighted by Gasteiger charge is -2.32. The van der Waals surface area contributed by atoms with Gasteiger partial charge in [-0.3, -0.25) is 0 Å². The third-order valence-corrected chi connectivity index (χ3v) is 4.53.